The summed E-state index contributed by atoms with van der Waals surface area (Å²) in [4.78, 5) is 0.896. The van der Waals surface area contributed by atoms with Gasteiger partial charge in [-0.3, -0.25) is 0 Å². The minimum absolute atomic E-state index is 0.729. The SMILES string of the molecule is [CH2]CCCC[S+]([O-])c1ccc(OCCCCCC)cc1. The van der Waals surface area contributed by atoms with Crippen molar-refractivity contribution in [3.63, 3.8) is 0 Å². The molecular formula is C17H27O2S. The Balaban J connectivity index is 2.28. The van der Waals surface area contributed by atoms with Gasteiger partial charge in [-0.1, -0.05) is 39.5 Å². The molecule has 3 heteroatoms. The van der Waals surface area contributed by atoms with E-state index in [0.717, 1.165) is 48.7 Å². The van der Waals surface area contributed by atoms with Crippen molar-refractivity contribution in [1.29, 1.82) is 0 Å². The average molecular weight is 295 g/mol. The second-order valence-corrected chi connectivity index (χ2v) is 6.56. The molecular weight excluding hydrogens is 268 g/mol. The Labute approximate surface area is 127 Å². The van der Waals surface area contributed by atoms with E-state index in [1.54, 1.807) is 0 Å². The van der Waals surface area contributed by atoms with E-state index < -0.39 is 11.2 Å². The fourth-order valence-electron chi connectivity index (χ4n) is 1.93. The fourth-order valence-corrected chi connectivity index (χ4v) is 3.08. The standard InChI is InChI=1S/C17H27O2S/c1-3-5-7-8-14-19-16-10-12-17(13-11-16)20(18)15-9-6-4-2/h10-13H,2-9,14-15H2,1H3. The van der Waals surface area contributed by atoms with E-state index in [2.05, 4.69) is 13.8 Å². The molecule has 0 aliphatic heterocycles. The first-order valence-corrected chi connectivity index (χ1v) is 9.00. The summed E-state index contributed by atoms with van der Waals surface area (Å²) in [6.45, 7) is 6.77. The van der Waals surface area contributed by atoms with Crippen LogP contribution in [0.1, 0.15) is 51.9 Å². The monoisotopic (exact) mass is 295 g/mol. The van der Waals surface area contributed by atoms with Crippen LogP contribution in [0.3, 0.4) is 0 Å². The molecule has 0 saturated heterocycles. The highest BCUT2D eigenvalue weighted by Crippen LogP contribution is 2.18. The van der Waals surface area contributed by atoms with Gasteiger partial charge in [0, 0.05) is 0 Å². The third kappa shape index (κ3) is 7.20. The first-order chi connectivity index (χ1) is 9.77. The van der Waals surface area contributed by atoms with E-state index in [9.17, 15) is 4.55 Å². The lowest BCUT2D eigenvalue weighted by Gasteiger charge is -2.11. The molecule has 0 bridgehead atoms. The van der Waals surface area contributed by atoms with Gasteiger partial charge in [0.1, 0.15) is 11.5 Å². The molecule has 0 N–H and O–H groups in total. The third-order valence-corrected chi connectivity index (χ3v) is 4.64. The molecule has 0 spiro atoms. The van der Waals surface area contributed by atoms with E-state index in [4.69, 9.17) is 4.74 Å². The third-order valence-electron chi connectivity index (χ3n) is 3.18. The summed E-state index contributed by atoms with van der Waals surface area (Å²) in [7, 11) is 0. The minimum Gasteiger partial charge on any atom is -0.611 e. The van der Waals surface area contributed by atoms with Gasteiger partial charge in [-0.25, -0.2) is 0 Å². The van der Waals surface area contributed by atoms with Crippen LogP contribution in [0.5, 0.6) is 5.75 Å². The highest BCUT2D eigenvalue weighted by Gasteiger charge is 2.10. The number of rotatable bonds is 11. The van der Waals surface area contributed by atoms with E-state index in [0.29, 0.717) is 0 Å². The van der Waals surface area contributed by atoms with Gasteiger partial charge >= 0.3 is 0 Å². The lowest BCUT2D eigenvalue weighted by Crippen LogP contribution is -2.07. The van der Waals surface area contributed by atoms with Crippen LogP contribution in [-0.2, 0) is 11.2 Å². The Bertz CT molecular complexity index is 337. The van der Waals surface area contributed by atoms with E-state index in [-0.39, 0.29) is 0 Å². The maximum Gasteiger partial charge on any atom is 0.152 e. The molecule has 0 amide bonds. The largest absolute Gasteiger partial charge is 0.611 e. The first kappa shape index (κ1) is 17.4. The summed E-state index contributed by atoms with van der Waals surface area (Å²) in [6.07, 6.45) is 7.79. The van der Waals surface area contributed by atoms with Crippen molar-refractivity contribution in [2.75, 3.05) is 12.4 Å². The van der Waals surface area contributed by atoms with Crippen LogP contribution in [-0.4, -0.2) is 16.9 Å². The summed E-state index contributed by atoms with van der Waals surface area (Å²) in [5, 5.41) is 0. The molecule has 1 radical (unpaired) electrons. The Kier molecular flexibility index (Phi) is 9.60. The van der Waals surface area contributed by atoms with Gasteiger partial charge in [0.15, 0.2) is 4.90 Å². The predicted molar refractivity (Wildman–Crippen MR) is 86.6 cm³/mol. The second kappa shape index (κ2) is 11.0. The van der Waals surface area contributed by atoms with Crippen LogP contribution in [0.2, 0.25) is 0 Å². The molecule has 0 saturated carbocycles. The van der Waals surface area contributed by atoms with Crippen LogP contribution in [0, 0.1) is 6.92 Å². The van der Waals surface area contributed by atoms with Gasteiger partial charge in [0.25, 0.3) is 0 Å². The van der Waals surface area contributed by atoms with Crippen LogP contribution in [0.25, 0.3) is 0 Å². The van der Waals surface area contributed by atoms with Crippen molar-refractivity contribution < 1.29 is 9.29 Å². The van der Waals surface area contributed by atoms with Gasteiger partial charge in [-0.2, -0.15) is 0 Å². The maximum absolute atomic E-state index is 12.0. The number of hydrogen-bond acceptors (Lipinski definition) is 2. The highest BCUT2D eigenvalue weighted by atomic mass is 32.2. The molecule has 0 aliphatic carbocycles. The van der Waals surface area contributed by atoms with Crippen molar-refractivity contribution in [2.24, 2.45) is 0 Å². The topological polar surface area (TPSA) is 32.3 Å². The molecule has 1 unspecified atom stereocenters. The quantitative estimate of drug-likeness (QED) is 0.435. The van der Waals surface area contributed by atoms with Gasteiger partial charge in [0.2, 0.25) is 0 Å². The number of hydrogen-bond donors (Lipinski definition) is 0. The minimum atomic E-state index is -0.887. The van der Waals surface area contributed by atoms with Crippen molar-refractivity contribution in [3.05, 3.63) is 31.2 Å². The number of ether oxygens (including phenoxy) is 1. The summed E-state index contributed by atoms with van der Waals surface area (Å²) >= 11 is -0.887. The van der Waals surface area contributed by atoms with Gasteiger partial charge < -0.3 is 9.29 Å². The van der Waals surface area contributed by atoms with Gasteiger partial charge in [-0.15, -0.1) is 0 Å². The molecule has 0 aromatic heterocycles. The number of benzene rings is 1. The normalized spacial score (nSPS) is 12.3. The fraction of sp³-hybridized carbons (Fsp3) is 0.588. The Morgan fingerprint density at radius 2 is 1.80 bits per heavy atom. The van der Waals surface area contributed by atoms with E-state index in [1.807, 2.05) is 24.3 Å². The van der Waals surface area contributed by atoms with Crippen LogP contribution in [0.4, 0.5) is 0 Å². The lowest BCUT2D eigenvalue weighted by atomic mass is 10.2. The van der Waals surface area contributed by atoms with Crippen LogP contribution < -0.4 is 4.74 Å². The summed E-state index contributed by atoms with van der Waals surface area (Å²) in [5.41, 5.74) is 0. The average Bonchev–Trinajstić information content (AvgIpc) is 2.48. The molecule has 1 aromatic rings. The van der Waals surface area contributed by atoms with Crippen molar-refractivity contribution in [1.82, 2.24) is 0 Å². The zero-order chi connectivity index (χ0) is 14.6. The molecule has 113 valence electrons. The molecule has 0 fully saturated rings. The van der Waals surface area contributed by atoms with E-state index >= 15 is 0 Å². The van der Waals surface area contributed by atoms with Crippen LogP contribution >= 0.6 is 0 Å². The van der Waals surface area contributed by atoms with Gasteiger partial charge in [-0.05, 0) is 54.7 Å². The second-order valence-electron chi connectivity index (χ2n) is 4.99. The number of unbranched alkanes of at least 4 members (excludes halogenated alkanes) is 5. The zero-order valence-corrected chi connectivity index (χ0v) is 13.4. The molecule has 2 nitrogen and oxygen atoms in total. The van der Waals surface area contributed by atoms with Gasteiger partial charge in [0.05, 0.1) is 6.61 Å². The molecule has 1 rings (SSSR count). The summed E-state index contributed by atoms with van der Waals surface area (Å²) in [5.74, 6) is 1.60. The summed E-state index contributed by atoms with van der Waals surface area (Å²) < 4.78 is 17.7. The lowest BCUT2D eigenvalue weighted by molar-refractivity contribution is 0.305. The van der Waals surface area contributed by atoms with Crippen molar-refractivity contribution in [3.8, 4) is 5.75 Å². The molecule has 20 heavy (non-hydrogen) atoms. The molecule has 0 aliphatic rings. The summed E-state index contributed by atoms with van der Waals surface area (Å²) in [6, 6.07) is 7.69. The Hall–Kier alpha value is -0.670. The predicted octanol–water partition coefficient (Wildman–Crippen LogP) is 4.76. The molecule has 1 aromatic carbocycles. The Morgan fingerprint density at radius 3 is 2.45 bits per heavy atom. The van der Waals surface area contributed by atoms with Crippen molar-refractivity contribution >= 4 is 11.2 Å². The highest BCUT2D eigenvalue weighted by molar-refractivity contribution is 7.91. The molecule has 0 heterocycles. The molecule has 1 atom stereocenters. The first-order valence-electron chi connectivity index (χ1n) is 7.68. The van der Waals surface area contributed by atoms with Crippen molar-refractivity contribution in [2.45, 2.75) is 56.8 Å². The van der Waals surface area contributed by atoms with Crippen LogP contribution in [0.15, 0.2) is 29.2 Å². The maximum atomic E-state index is 12.0. The Morgan fingerprint density at radius 1 is 1.05 bits per heavy atom. The smallest absolute Gasteiger partial charge is 0.152 e. The van der Waals surface area contributed by atoms with E-state index in [1.165, 1.54) is 19.3 Å². The zero-order valence-electron chi connectivity index (χ0n) is 12.6.